The Labute approximate surface area is 194 Å². The molecule has 2 aromatic rings. The van der Waals surface area contributed by atoms with Crippen molar-refractivity contribution in [3.63, 3.8) is 0 Å². The molecule has 2 nitrogen and oxygen atoms in total. The van der Waals surface area contributed by atoms with Crippen LogP contribution in [0.15, 0.2) is 36.4 Å². The molecule has 2 heterocycles. The molecule has 2 atom stereocenters. The first-order valence-electron chi connectivity index (χ1n) is 11.8. The van der Waals surface area contributed by atoms with E-state index in [2.05, 4.69) is 28.9 Å². The van der Waals surface area contributed by atoms with Gasteiger partial charge in [0, 0.05) is 42.6 Å². The first kappa shape index (κ1) is 23.3. The Morgan fingerprint density at radius 3 is 2.44 bits per heavy atom. The van der Waals surface area contributed by atoms with Gasteiger partial charge in [-0.1, -0.05) is 37.6 Å². The number of alkyl halides is 3. The van der Waals surface area contributed by atoms with E-state index < -0.39 is 11.7 Å². The smallest absolute Gasteiger partial charge is 0.371 e. The Hall–Kier alpha value is -1.88. The number of benzene rings is 2. The molecule has 2 unspecified atom stereocenters. The lowest BCUT2D eigenvalue weighted by Gasteiger charge is -2.27. The summed E-state index contributed by atoms with van der Waals surface area (Å²) in [4.78, 5) is 4.60. The fourth-order valence-electron chi connectivity index (χ4n) is 5.37. The Bertz CT molecular complexity index is 937. The Morgan fingerprint density at radius 2 is 1.75 bits per heavy atom. The third-order valence-corrected chi connectivity index (χ3v) is 7.31. The van der Waals surface area contributed by atoms with E-state index in [0.29, 0.717) is 11.8 Å². The first-order valence-corrected chi connectivity index (χ1v) is 12.1. The SMILES string of the molecule is CCc1ccc(C(F)(F)F)cc1N1CCC(CC(C)c2ccc(Cl)cc2N2CCCC2)C1. The summed E-state index contributed by atoms with van der Waals surface area (Å²) in [5, 5.41) is 0.770. The molecule has 6 heteroatoms. The lowest BCUT2D eigenvalue weighted by atomic mass is 9.88. The van der Waals surface area contributed by atoms with Crippen LogP contribution in [0.1, 0.15) is 62.1 Å². The van der Waals surface area contributed by atoms with Crippen LogP contribution in [0.4, 0.5) is 24.5 Å². The minimum atomic E-state index is -4.31. The highest BCUT2D eigenvalue weighted by Gasteiger charge is 2.33. The molecule has 0 spiro atoms. The Balaban J connectivity index is 1.48. The van der Waals surface area contributed by atoms with Gasteiger partial charge in [-0.2, -0.15) is 13.2 Å². The summed E-state index contributed by atoms with van der Waals surface area (Å²) in [5.41, 5.74) is 3.77. The van der Waals surface area contributed by atoms with Crippen molar-refractivity contribution in [2.24, 2.45) is 5.92 Å². The van der Waals surface area contributed by atoms with Gasteiger partial charge in [0.25, 0.3) is 0 Å². The van der Waals surface area contributed by atoms with Gasteiger partial charge in [0.2, 0.25) is 0 Å². The van der Waals surface area contributed by atoms with Crippen LogP contribution < -0.4 is 9.80 Å². The Kier molecular flexibility index (Phi) is 6.94. The van der Waals surface area contributed by atoms with Crippen molar-refractivity contribution >= 4 is 23.0 Å². The maximum Gasteiger partial charge on any atom is 0.416 e. The van der Waals surface area contributed by atoms with E-state index in [1.807, 2.05) is 13.0 Å². The normalized spacial score (nSPS) is 20.2. The highest BCUT2D eigenvalue weighted by Crippen LogP contribution is 2.39. The zero-order valence-corrected chi connectivity index (χ0v) is 19.6. The van der Waals surface area contributed by atoms with Crippen molar-refractivity contribution in [2.45, 2.75) is 58.0 Å². The lowest BCUT2D eigenvalue weighted by molar-refractivity contribution is -0.137. The van der Waals surface area contributed by atoms with Crippen LogP contribution in [0.2, 0.25) is 5.02 Å². The van der Waals surface area contributed by atoms with E-state index in [1.54, 1.807) is 6.07 Å². The van der Waals surface area contributed by atoms with E-state index >= 15 is 0 Å². The highest BCUT2D eigenvalue weighted by molar-refractivity contribution is 6.30. The van der Waals surface area contributed by atoms with Gasteiger partial charge in [-0.15, -0.1) is 0 Å². The minimum Gasteiger partial charge on any atom is -0.371 e. The molecule has 0 aromatic heterocycles. The van der Waals surface area contributed by atoms with Crippen LogP contribution in [0, 0.1) is 5.92 Å². The van der Waals surface area contributed by atoms with E-state index in [-0.39, 0.29) is 0 Å². The molecule has 0 saturated carbocycles. The van der Waals surface area contributed by atoms with Gasteiger partial charge in [-0.05, 0) is 79.3 Å². The van der Waals surface area contributed by atoms with Crippen molar-refractivity contribution in [3.8, 4) is 0 Å². The lowest BCUT2D eigenvalue weighted by Crippen LogP contribution is -2.23. The number of nitrogens with zero attached hydrogens (tertiary/aromatic N) is 2. The second-order valence-electron chi connectivity index (χ2n) is 9.33. The zero-order chi connectivity index (χ0) is 22.9. The number of rotatable bonds is 6. The van der Waals surface area contributed by atoms with Crippen molar-refractivity contribution in [1.82, 2.24) is 0 Å². The number of hydrogen-bond acceptors (Lipinski definition) is 2. The standard InChI is InChI=1S/C26H32ClF3N2/c1-3-20-6-7-21(26(28,29)30)15-24(20)32-13-10-19(17-32)14-18(2)23-9-8-22(27)16-25(23)31-11-4-5-12-31/h6-9,15-16,18-19H,3-5,10-14,17H2,1-2H3. The van der Waals surface area contributed by atoms with Gasteiger partial charge in [0.05, 0.1) is 5.56 Å². The quantitative estimate of drug-likeness (QED) is 0.435. The molecular formula is C26H32ClF3N2. The van der Waals surface area contributed by atoms with Crippen molar-refractivity contribution in [3.05, 3.63) is 58.1 Å². The molecule has 32 heavy (non-hydrogen) atoms. The van der Waals surface area contributed by atoms with Crippen molar-refractivity contribution in [2.75, 3.05) is 36.0 Å². The van der Waals surface area contributed by atoms with Crippen LogP contribution in [0.3, 0.4) is 0 Å². The summed E-state index contributed by atoms with van der Waals surface area (Å²) in [6, 6.07) is 10.4. The molecule has 0 radical (unpaired) electrons. The van der Waals surface area contributed by atoms with Crippen LogP contribution in [0.25, 0.3) is 0 Å². The molecule has 2 aromatic carbocycles. The number of hydrogen-bond donors (Lipinski definition) is 0. The van der Waals surface area contributed by atoms with Gasteiger partial charge < -0.3 is 9.80 Å². The second kappa shape index (κ2) is 9.54. The molecule has 4 rings (SSSR count). The molecule has 174 valence electrons. The first-order chi connectivity index (χ1) is 15.3. The second-order valence-corrected chi connectivity index (χ2v) is 9.77. The molecule has 2 saturated heterocycles. The van der Waals surface area contributed by atoms with E-state index in [4.69, 9.17) is 11.6 Å². The number of aryl methyl sites for hydroxylation is 1. The summed E-state index contributed by atoms with van der Waals surface area (Å²) in [7, 11) is 0. The molecule has 0 N–H and O–H groups in total. The summed E-state index contributed by atoms with van der Waals surface area (Å²) in [5.74, 6) is 0.839. The molecule has 0 bridgehead atoms. The topological polar surface area (TPSA) is 6.48 Å². The van der Waals surface area contributed by atoms with Gasteiger partial charge in [0.15, 0.2) is 0 Å². The van der Waals surface area contributed by atoms with Crippen LogP contribution in [-0.2, 0) is 12.6 Å². The number of halogens is 4. The summed E-state index contributed by atoms with van der Waals surface area (Å²) < 4.78 is 39.9. The van der Waals surface area contributed by atoms with Crippen molar-refractivity contribution < 1.29 is 13.2 Å². The molecule has 0 amide bonds. The van der Waals surface area contributed by atoms with Crippen LogP contribution in [-0.4, -0.2) is 26.2 Å². The molecular weight excluding hydrogens is 433 g/mol. The largest absolute Gasteiger partial charge is 0.416 e. The van der Waals surface area contributed by atoms with E-state index in [1.165, 1.54) is 36.2 Å². The maximum atomic E-state index is 13.3. The van der Waals surface area contributed by atoms with Crippen LogP contribution in [0.5, 0.6) is 0 Å². The Morgan fingerprint density at radius 1 is 1.00 bits per heavy atom. The monoisotopic (exact) mass is 464 g/mol. The van der Waals surface area contributed by atoms with Gasteiger partial charge in [0.1, 0.15) is 0 Å². The summed E-state index contributed by atoms with van der Waals surface area (Å²) >= 11 is 6.32. The fraction of sp³-hybridized carbons (Fsp3) is 0.538. The molecule has 2 aliphatic rings. The van der Waals surface area contributed by atoms with Crippen LogP contribution >= 0.6 is 11.6 Å². The molecule has 0 aliphatic carbocycles. The predicted octanol–water partition coefficient (Wildman–Crippen LogP) is 7.54. The predicted molar refractivity (Wildman–Crippen MR) is 127 cm³/mol. The van der Waals surface area contributed by atoms with Gasteiger partial charge in [-0.25, -0.2) is 0 Å². The minimum absolute atomic E-state index is 0.375. The van der Waals surface area contributed by atoms with Gasteiger partial charge >= 0.3 is 6.18 Å². The third-order valence-electron chi connectivity index (χ3n) is 7.08. The molecule has 2 aliphatic heterocycles. The van der Waals surface area contributed by atoms with E-state index in [0.717, 1.165) is 61.7 Å². The summed E-state index contributed by atoms with van der Waals surface area (Å²) in [6.07, 6.45) is 0.892. The molecule has 2 fully saturated rings. The fourth-order valence-corrected chi connectivity index (χ4v) is 5.54. The zero-order valence-electron chi connectivity index (χ0n) is 18.9. The van der Waals surface area contributed by atoms with Gasteiger partial charge in [-0.3, -0.25) is 0 Å². The third kappa shape index (κ3) is 5.03. The highest BCUT2D eigenvalue weighted by atomic mass is 35.5. The number of anilines is 2. The maximum absolute atomic E-state index is 13.3. The average molecular weight is 465 g/mol. The summed E-state index contributed by atoms with van der Waals surface area (Å²) in [6.45, 7) is 8.05. The van der Waals surface area contributed by atoms with E-state index in [9.17, 15) is 13.2 Å². The van der Waals surface area contributed by atoms with Crippen molar-refractivity contribution in [1.29, 1.82) is 0 Å². The average Bonchev–Trinajstić information content (AvgIpc) is 3.45.